The van der Waals surface area contributed by atoms with E-state index in [1.807, 2.05) is 6.07 Å². The molecule has 168 valence electrons. The van der Waals surface area contributed by atoms with Gasteiger partial charge in [0.1, 0.15) is 11.5 Å². The number of rotatable bonds is 7. The summed E-state index contributed by atoms with van der Waals surface area (Å²) in [5.74, 6) is 1.81. The standard InChI is InChI=1S/C28H34N2O2/c1-6-19-10-8-11-20(7-2)27(19)25-17-26(32-5)28-23(12-9-13-24(28)30-25)29-22-15-14-21(31-4)16-18(22)3/h8,10-11,14-17,23,29H,6-7,9,12-13H2,1-5H3. The molecule has 1 aliphatic rings. The highest BCUT2D eigenvalue weighted by molar-refractivity contribution is 5.71. The monoisotopic (exact) mass is 430 g/mol. The second-order valence-corrected chi connectivity index (χ2v) is 8.50. The number of hydrogen-bond donors (Lipinski definition) is 1. The van der Waals surface area contributed by atoms with Crippen LogP contribution < -0.4 is 14.8 Å². The summed E-state index contributed by atoms with van der Waals surface area (Å²) >= 11 is 0. The minimum Gasteiger partial charge on any atom is -0.497 e. The summed E-state index contributed by atoms with van der Waals surface area (Å²) in [6, 6.07) is 15.1. The van der Waals surface area contributed by atoms with Crippen molar-refractivity contribution in [2.75, 3.05) is 19.5 Å². The first-order valence-electron chi connectivity index (χ1n) is 11.7. The lowest BCUT2D eigenvalue weighted by atomic mass is 9.88. The van der Waals surface area contributed by atoms with Gasteiger partial charge in [-0.25, -0.2) is 0 Å². The van der Waals surface area contributed by atoms with Crippen LogP contribution in [-0.2, 0) is 19.3 Å². The Morgan fingerprint density at radius 2 is 1.75 bits per heavy atom. The maximum Gasteiger partial charge on any atom is 0.128 e. The van der Waals surface area contributed by atoms with E-state index in [2.05, 4.69) is 62.5 Å². The first kappa shape index (κ1) is 22.2. The molecule has 2 aromatic carbocycles. The molecule has 4 nitrogen and oxygen atoms in total. The molecule has 4 rings (SSSR count). The van der Waals surface area contributed by atoms with E-state index < -0.39 is 0 Å². The summed E-state index contributed by atoms with van der Waals surface area (Å²) in [4.78, 5) is 5.21. The molecule has 3 aromatic rings. The molecule has 0 spiro atoms. The Balaban J connectivity index is 1.77. The van der Waals surface area contributed by atoms with Gasteiger partial charge in [-0.3, -0.25) is 4.98 Å². The van der Waals surface area contributed by atoms with Gasteiger partial charge >= 0.3 is 0 Å². The SMILES string of the molecule is CCc1cccc(CC)c1-c1cc(OC)c2c(n1)CCCC2Nc1ccc(OC)cc1C. The zero-order chi connectivity index (χ0) is 22.7. The molecule has 0 radical (unpaired) electrons. The molecule has 0 aliphatic heterocycles. The van der Waals surface area contributed by atoms with Crippen molar-refractivity contribution in [1.82, 2.24) is 4.98 Å². The number of hydrogen-bond acceptors (Lipinski definition) is 4. The van der Waals surface area contributed by atoms with E-state index in [1.165, 1.54) is 27.8 Å². The van der Waals surface area contributed by atoms with Crippen molar-refractivity contribution >= 4 is 5.69 Å². The maximum absolute atomic E-state index is 5.96. The first-order chi connectivity index (χ1) is 15.6. The lowest BCUT2D eigenvalue weighted by molar-refractivity contribution is 0.400. The highest BCUT2D eigenvalue weighted by Crippen LogP contribution is 2.41. The smallest absolute Gasteiger partial charge is 0.128 e. The molecule has 1 aliphatic carbocycles. The summed E-state index contributed by atoms with van der Waals surface area (Å²) in [5.41, 5.74) is 9.66. The molecule has 0 fully saturated rings. The fourth-order valence-corrected chi connectivity index (χ4v) is 4.89. The number of methoxy groups -OCH3 is 2. The van der Waals surface area contributed by atoms with E-state index in [0.29, 0.717) is 0 Å². The van der Waals surface area contributed by atoms with Crippen LogP contribution in [-0.4, -0.2) is 19.2 Å². The van der Waals surface area contributed by atoms with Gasteiger partial charge in [-0.1, -0.05) is 32.0 Å². The lowest BCUT2D eigenvalue weighted by Gasteiger charge is -2.30. The van der Waals surface area contributed by atoms with Gasteiger partial charge < -0.3 is 14.8 Å². The maximum atomic E-state index is 5.96. The highest BCUT2D eigenvalue weighted by Gasteiger charge is 2.27. The molecular formula is C28H34N2O2. The quantitative estimate of drug-likeness (QED) is 0.453. The van der Waals surface area contributed by atoms with Gasteiger partial charge in [0.15, 0.2) is 0 Å². The lowest BCUT2D eigenvalue weighted by Crippen LogP contribution is -2.20. The zero-order valence-corrected chi connectivity index (χ0v) is 19.9. The zero-order valence-electron chi connectivity index (χ0n) is 19.9. The van der Waals surface area contributed by atoms with Crippen LogP contribution in [0, 0.1) is 6.92 Å². The van der Waals surface area contributed by atoms with Crippen LogP contribution in [0.4, 0.5) is 5.69 Å². The highest BCUT2D eigenvalue weighted by atomic mass is 16.5. The Hall–Kier alpha value is -3.01. The van der Waals surface area contributed by atoms with Gasteiger partial charge in [0.25, 0.3) is 0 Å². The van der Waals surface area contributed by atoms with Crippen LogP contribution in [0.2, 0.25) is 0 Å². The largest absolute Gasteiger partial charge is 0.497 e. The average Bonchev–Trinajstić information content (AvgIpc) is 2.83. The van der Waals surface area contributed by atoms with Gasteiger partial charge in [0.2, 0.25) is 0 Å². The fourth-order valence-electron chi connectivity index (χ4n) is 4.89. The van der Waals surface area contributed by atoms with E-state index in [-0.39, 0.29) is 6.04 Å². The van der Waals surface area contributed by atoms with Gasteiger partial charge in [-0.2, -0.15) is 0 Å². The van der Waals surface area contributed by atoms with E-state index >= 15 is 0 Å². The Morgan fingerprint density at radius 3 is 2.38 bits per heavy atom. The van der Waals surface area contributed by atoms with Gasteiger partial charge in [-0.15, -0.1) is 0 Å². The second kappa shape index (κ2) is 9.64. The average molecular weight is 431 g/mol. The molecule has 1 atom stereocenters. The molecule has 0 amide bonds. The molecule has 1 aromatic heterocycles. The number of benzene rings is 2. The van der Waals surface area contributed by atoms with E-state index in [1.54, 1.807) is 14.2 Å². The number of aryl methyl sites for hydroxylation is 4. The predicted molar refractivity (Wildman–Crippen MR) is 132 cm³/mol. The van der Waals surface area contributed by atoms with Gasteiger partial charge in [-0.05, 0) is 73.9 Å². The molecule has 32 heavy (non-hydrogen) atoms. The third-order valence-corrected chi connectivity index (χ3v) is 6.59. The Bertz CT molecular complexity index is 1070. The van der Waals surface area contributed by atoms with Gasteiger partial charge in [0.05, 0.1) is 31.6 Å². The summed E-state index contributed by atoms with van der Waals surface area (Å²) in [7, 11) is 3.48. The Labute approximate surface area is 192 Å². The van der Waals surface area contributed by atoms with Crippen LogP contribution in [0.15, 0.2) is 42.5 Å². The van der Waals surface area contributed by atoms with Crippen LogP contribution >= 0.6 is 0 Å². The molecule has 4 heteroatoms. The van der Waals surface area contributed by atoms with Crippen molar-refractivity contribution in [3.63, 3.8) is 0 Å². The molecular weight excluding hydrogens is 396 g/mol. The summed E-state index contributed by atoms with van der Waals surface area (Å²) in [6.07, 6.45) is 5.13. The molecule has 0 bridgehead atoms. The second-order valence-electron chi connectivity index (χ2n) is 8.50. The Morgan fingerprint density at radius 1 is 1.00 bits per heavy atom. The van der Waals surface area contributed by atoms with E-state index in [9.17, 15) is 0 Å². The van der Waals surface area contributed by atoms with Crippen molar-refractivity contribution in [2.45, 2.75) is 58.9 Å². The number of fused-ring (bicyclic) bond motifs is 1. The number of nitrogens with zero attached hydrogens (tertiary/aromatic N) is 1. The molecule has 0 saturated heterocycles. The third kappa shape index (κ3) is 4.19. The van der Waals surface area contributed by atoms with Crippen LogP contribution in [0.5, 0.6) is 11.5 Å². The minimum atomic E-state index is 0.175. The number of pyridine rings is 1. The summed E-state index contributed by atoms with van der Waals surface area (Å²) in [5, 5.41) is 3.76. The first-order valence-corrected chi connectivity index (χ1v) is 11.7. The van der Waals surface area contributed by atoms with Crippen LogP contribution in [0.1, 0.15) is 60.7 Å². The van der Waals surface area contributed by atoms with E-state index in [0.717, 1.165) is 60.7 Å². The molecule has 0 saturated carbocycles. The van der Waals surface area contributed by atoms with Gasteiger partial charge in [0, 0.05) is 22.9 Å². The minimum absolute atomic E-state index is 0.175. The van der Waals surface area contributed by atoms with Crippen molar-refractivity contribution in [1.29, 1.82) is 0 Å². The fraction of sp³-hybridized carbons (Fsp3) is 0.393. The van der Waals surface area contributed by atoms with Crippen molar-refractivity contribution in [3.05, 3.63) is 70.4 Å². The summed E-state index contributed by atoms with van der Waals surface area (Å²) in [6.45, 7) is 6.54. The van der Waals surface area contributed by atoms with Crippen molar-refractivity contribution < 1.29 is 9.47 Å². The van der Waals surface area contributed by atoms with E-state index in [4.69, 9.17) is 14.5 Å². The molecule has 1 heterocycles. The number of aromatic nitrogens is 1. The summed E-state index contributed by atoms with van der Waals surface area (Å²) < 4.78 is 11.3. The number of nitrogens with one attached hydrogen (secondary N) is 1. The topological polar surface area (TPSA) is 43.4 Å². The molecule has 1 unspecified atom stereocenters. The number of anilines is 1. The normalized spacial score (nSPS) is 15.2. The van der Waals surface area contributed by atoms with Crippen LogP contribution in [0.3, 0.4) is 0 Å². The van der Waals surface area contributed by atoms with Crippen molar-refractivity contribution in [2.24, 2.45) is 0 Å². The third-order valence-electron chi connectivity index (χ3n) is 6.59. The van der Waals surface area contributed by atoms with Crippen LogP contribution in [0.25, 0.3) is 11.3 Å². The van der Waals surface area contributed by atoms with Crippen molar-refractivity contribution in [3.8, 4) is 22.8 Å². The predicted octanol–water partition coefficient (Wildman–Crippen LogP) is 6.69. The molecule has 1 N–H and O–H groups in total. The Kier molecular flexibility index (Phi) is 6.69. The number of ether oxygens (including phenoxy) is 2.